The molecule has 0 saturated carbocycles. The maximum atomic E-state index is 6.91. The molecule has 7 heterocycles. The summed E-state index contributed by atoms with van der Waals surface area (Å²) in [4.78, 5) is 4.95. The van der Waals surface area contributed by atoms with Crippen LogP contribution in [0.1, 0.15) is 0 Å². The van der Waals surface area contributed by atoms with E-state index in [0.717, 1.165) is 95.4 Å². The summed E-state index contributed by atoms with van der Waals surface area (Å²) in [6, 6.07) is 52.7. The summed E-state index contributed by atoms with van der Waals surface area (Å²) in [6.45, 7) is 4.73. The third kappa shape index (κ3) is 4.63. The minimum absolute atomic E-state index is 0. The van der Waals surface area contributed by atoms with Gasteiger partial charge >= 0.3 is 0 Å². The van der Waals surface area contributed by atoms with Gasteiger partial charge in [-0.2, -0.15) is 12.1 Å². The molecule has 14 rings (SSSR count). The zero-order valence-corrected chi connectivity index (χ0v) is 35.9. The number of hydrogen-bond acceptors (Lipinski definition) is 5. The molecular formula is C50H29BN4O4PtSi-2. The molecule has 0 amide bonds. The standard InChI is InChI=1S/C50H29BN4O4Si.Pt/c1-60(2)42-23-22-32(26-35(42)54-28-53(29-11-4-3-5-12-29)34-16-7-21-43(60)48(34)54)56-31-14-6-13-30(25-31)55-36-27-41-47-49(44(36)33-15-10-24-52-50(33)55)59-40-20-9-18-38-46(40)51(47)45-37(57-38)17-8-19-39(45)58-41;/h3-24,27H,1-2H3;/q-2;. The molecule has 3 aromatic heterocycles. The van der Waals surface area contributed by atoms with Crippen LogP contribution in [0.3, 0.4) is 0 Å². The van der Waals surface area contributed by atoms with Crippen molar-refractivity contribution in [3.05, 3.63) is 158 Å². The number of aromatic nitrogens is 4. The first-order chi connectivity index (χ1) is 29.5. The Morgan fingerprint density at radius 1 is 0.672 bits per heavy atom. The molecule has 0 atom stereocenters. The van der Waals surface area contributed by atoms with E-state index in [1.807, 2.05) is 79.0 Å². The molecule has 0 bridgehead atoms. The van der Waals surface area contributed by atoms with Gasteiger partial charge in [0.15, 0.2) is 0 Å². The summed E-state index contributed by atoms with van der Waals surface area (Å²) < 4.78 is 33.2. The monoisotopic (exact) mass is 983 g/mol. The SMILES string of the molecule is C[Si]1(C)c2ccc(Oc3[c-]c(-n4c5cc6c7c(c5c5cccnc54)Oc4cccc5c4B7c4c(cccc4O6)O5)ccc3)[c-]c2-n2[c-][n+](-c3ccccc3)c3cccc1c32.[Pt]. The minimum Gasteiger partial charge on any atom is -0.510 e. The third-order valence-corrected chi connectivity index (χ3v) is 16.2. The maximum Gasteiger partial charge on any atom is 0.270 e. The van der Waals surface area contributed by atoms with E-state index in [-0.39, 0.29) is 27.8 Å². The zero-order chi connectivity index (χ0) is 39.4. The predicted octanol–water partition coefficient (Wildman–Crippen LogP) is 7.56. The second-order valence-electron chi connectivity index (χ2n) is 16.3. The number of nitrogens with zero attached hydrogens (tertiary/aromatic N) is 4. The van der Waals surface area contributed by atoms with Crippen LogP contribution >= 0.6 is 0 Å². The van der Waals surface area contributed by atoms with Gasteiger partial charge in [-0.05, 0) is 54.2 Å². The fraction of sp³-hybridized carbons (Fsp3) is 0.0400. The molecule has 0 spiro atoms. The van der Waals surface area contributed by atoms with Crippen molar-refractivity contribution in [3.63, 3.8) is 0 Å². The first-order valence-corrected chi connectivity index (χ1v) is 23.1. The van der Waals surface area contributed by atoms with Crippen LogP contribution in [0.2, 0.25) is 13.1 Å². The number of rotatable bonds is 4. The zero-order valence-electron chi connectivity index (χ0n) is 32.6. The summed E-state index contributed by atoms with van der Waals surface area (Å²) in [5, 5.41) is 4.59. The van der Waals surface area contributed by atoms with Crippen molar-refractivity contribution in [2.24, 2.45) is 0 Å². The normalized spacial score (nSPS) is 14.1. The van der Waals surface area contributed by atoms with Gasteiger partial charge in [-0.25, -0.2) is 4.98 Å². The number of imidazole rings is 1. The Hall–Kier alpha value is -6.87. The maximum absolute atomic E-state index is 6.91. The van der Waals surface area contributed by atoms with Crippen LogP contribution in [0.4, 0.5) is 0 Å². The number of para-hydroxylation sites is 2. The average molecular weight is 984 g/mol. The molecule has 0 fully saturated rings. The van der Waals surface area contributed by atoms with E-state index in [1.165, 1.54) is 15.9 Å². The van der Waals surface area contributed by atoms with Gasteiger partial charge in [-0.1, -0.05) is 72.5 Å². The van der Waals surface area contributed by atoms with Crippen LogP contribution in [0.15, 0.2) is 140 Å². The molecule has 0 saturated heterocycles. The van der Waals surface area contributed by atoms with Crippen molar-refractivity contribution in [3.8, 4) is 63.1 Å². The molecule has 10 aromatic rings. The van der Waals surface area contributed by atoms with Gasteiger partial charge in [0.25, 0.3) is 13.0 Å². The van der Waals surface area contributed by atoms with Crippen molar-refractivity contribution in [2.75, 3.05) is 0 Å². The Bertz CT molecular complexity index is 3550. The molecule has 61 heavy (non-hydrogen) atoms. The van der Waals surface area contributed by atoms with Crippen LogP contribution in [-0.2, 0) is 21.1 Å². The van der Waals surface area contributed by atoms with Crippen LogP contribution in [0.5, 0.6) is 46.0 Å². The smallest absolute Gasteiger partial charge is 0.270 e. The number of hydrogen-bond donors (Lipinski definition) is 0. The van der Waals surface area contributed by atoms with Crippen LogP contribution in [0, 0.1) is 18.5 Å². The van der Waals surface area contributed by atoms with Crippen molar-refractivity contribution in [2.45, 2.75) is 13.1 Å². The van der Waals surface area contributed by atoms with E-state index >= 15 is 0 Å². The second-order valence-corrected chi connectivity index (χ2v) is 20.6. The molecule has 0 radical (unpaired) electrons. The molecule has 0 unspecified atom stereocenters. The van der Waals surface area contributed by atoms with Gasteiger partial charge in [-0.3, -0.25) is 4.57 Å². The largest absolute Gasteiger partial charge is 0.510 e. The number of ether oxygens (including phenoxy) is 4. The van der Waals surface area contributed by atoms with E-state index in [1.54, 1.807) is 0 Å². The minimum atomic E-state index is -2.11. The van der Waals surface area contributed by atoms with Crippen molar-refractivity contribution >= 4 is 74.5 Å². The second kappa shape index (κ2) is 12.3. The van der Waals surface area contributed by atoms with Crippen LogP contribution < -0.4 is 50.3 Å². The van der Waals surface area contributed by atoms with Gasteiger partial charge in [0.05, 0.1) is 27.6 Å². The average Bonchev–Trinajstić information content (AvgIpc) is 3.83. The van der Waals surface area contributed by atoms with E-state index in [9.17, 15) is 0 Å². The first-order valence-electron chi connectivity index (χ1n) is 20.1. The Kier molecular flexibility index (Phi) is 7.07. The van der Waals surface area contributed by atoms with Crippen LogP contribution in [0.25, 0.3) is 50.0 Å². The predicted molar refractivity (Wildman–Crippen MR) is 234 cm³/mol. The summed E-state index contributed by atoms with van der Waals surface area (Å²) in [5.74, 6) is 5.83. The number of fused-ring (bicyclic) bond motifs is 6. The summed E-state index contributed by atoms with van der Waals surface area (Å²) in [5.41, 5.74) is 9.80. The molecule has 8 nitrogen and oxygen atoms in total. The van der Waals surface area contributed by atoms with Crippen molar-refractivity contribution in [1.29, 1.82) is 0 Å². The van der Waals surface area contributed by atoms with Crippen molar-refractivity contribution in [1.82, 2.24) is 14.1 Å². The van der Waals surface area contributed by atoms with E-state index in [2.05, 4.69) is 106 Å². The quantitative estimate of drug-likeness (QED) is 0.104. The number of pyridine rings is 1. The molecule has 11 heteroatoms. The van der Waals surface area contributed by atoms with Gasteiger partial charge in [-0.15, -0.1) is 35.5 Å². The molecule has 7 aromatic carbocycles. The van der Waals surface area contributed by atoms with E-state index < -0.39 is 8.07 Å². The summed E-state index contributed by atoms with van der Waals surface area (Å²) in [7, 11) is -2.11. The van der Waals surface area contributed by atoms with Gasteiger partial charge in [0.2, 0.25) is 0 Å². The Morgan fingerprint density at radius 2 is 1.39 bits per heavy atom. The summed E-state index contributed by atoms with van der Waals surface area (Å²) >= 11 is 0. The first kappa shape index (κ1) is 34.9. The number of benzene rings is 7. The fourth-order valence-corrected chi connectivity index (χ4v) is 13.0. The van der Waals surface area contributed by atoms with Gasteiger partial charge < -0.3 is 28.1 Å². The molecular weight excluding hydrogens is 955 g/mol. The fourth-order valence-electron chi connectivity index (χ4n) is 10.1. The third-order valence-electron chi connectivity index (χ3n) is 12.7. The van der Waals surface area contributed by atoms with Gasteiger partial charge in [0, 0.05) is 74.7 Å². The van der Waals surface area contributed by atoms with Gasteiger partial charge in [0.1, 0.15) is 40.1 Å². The summed E-state index contributed by atoms with van der Waals surface area (Å²) in [6.07, 6.45) is 5.50. The molecule has 0 aliphatic carbocycles. The Balaban J connectivity index is 0.00000381. The molecule has 292 valence electrons. The molecule has 4 aliphatic heterocycles. The van der Waals surface area contributed by atoms with E-state index in [0.29, 0.717) is 11.5 Å². The van der Waals surface area contributed by atoms with Crippen molar-refractivity contribution < 1.29 is 44.6 Å². The van der Waals surface area contributed by atoms with E-state index in [4.69, 9.17) is 23.9 Å². The topological polar surface area (TPSA) is 63.6 Å². The molecule has 4 aliphatic rings. The Morgan fingerprint density at radius 3 is 2.20 bits per heavy atom. The molecule has 0 N–H and O–H groups in total. The Labute approximate surface area is 365 Å². The van der Waals surface area contributed by atoms with Crippen LogP contribution in [-0.4, -0.2) is 28.9 Å².